The van der Waals surface area contributed by atoms with Crippen molar-refractivity contribution in [1.82, 2.24) is 4.98 Å². The highest BCUT2D eigenvalue weighted by Crippen LogP contribution is 2.17. The molecule has 0 aliphatic rings. The van der Waals surface area contributed by atoms with Crippen molar-refractivity contribution in [3.05, 3.63) is 86.1 Å². The predicted molar refractivity (Wildman–Crippen MR) is 104 cm³/mol. The van der Waals surface area contributed by atoms with E-state index in [4.69, 9.17) is 23.2 Å². The maximum absolute atomic E-state index is 12.3. The van der Waals surface area contributed by atoms with Gasteiger partial charge in [0.25, 0.3) is 5.56 Å². The van der Waals surface area contributed by atoms with Gasteiger partial charge in [-0.15, -0.1) is 0 Å². The summed E-state index contributed by atoms with van der Waals surface area (Å²) in [6.07, 6.45) is 2.53. The average Bonchev–Trinajstić information content (AvgIpc) is 2.60. The summed E-state index contributed by atoms with van der Waals surface area (Å²) in [5.74, 6) is -0.922. The molecule has 0 saturated carbocycles. The van der Waals surface area contributed by atoms with Gasteiger partial charge in [-0.05, 0) is 47.4 Å². The van der Waals surface area contributed by atoms with Gasteiger partial charge in [0.1, 0.15) is 0 Å². The minimum Gasteiger partial charge on any atom is -0.321 e. The highest BCUT2D eigenvalue weighted by molar-refractivity contribution is 6.31. The zero-order valence-electron chi connectivity index (χ0n) is 13.5. The molecule has 0 aliphatic carbocycles. The number of aromatic amines is 1. The number of ketones is 2. The van der Waals surface area contributed by atoms with Crippen LogP contribution >= 0.6 is 23.2 Å². The highest BCUT2D eigenvalue weighted by atomic mass is 35.5. The maximum atomic E-state index is 12.3. The van der Waals surface area contributed by atoms with Gasteiger partial charge in [-0.1, -0.05) is 47.5 Å². The second-order valence-electron chi connectivity index (χ2n) is 5.69. The van der Waals surface area contributed by atoms with Crippen LogP contribution in [0, 0.1) is 0 Å². The van der Waals surface area contributed by atoms with Crippen LogP contribution in [0.2, 0.25) is 10.0 Å². The van der Waals surface area contributed by atoms with Gasteiger partial charge in [0.05, 0.1) is 12.0 Å². The summed E-state index contributed by atoms with van der Waals surface area (Å²) in [7, 11) is 0. The molecule has 6 heteroatoms. The number of pyridine rings is 1. The summed E-state index contributed by atoms with van der Waals surface area (Å²) in [5.41, 5.74) is 0.732. The third-order valence-corrected chi connectivity index (χ3v) is 4.26. The molecule has 0 amide bonds. The predicted octanol–water partition coefficient (Wildman–Crippen LogP) is 4.69. The summed E-state index contributed by atoms with van der Waals surface area (Å²) >= 11 is 11.7. The Morgan fingerprint density at radius 1 is 0.962 bits per heavy atom. The summed E-state index contributed by atoms with van der Waals surface area (Å²) in [6.45, 7) is 0. The van der Waals surface area contributed by atoms with Gasteiger partial charge >= 0.3 is 0 Å². The first-order valence-corrected chi connectivity index (χ1v) is 8.50. The maximum Gasteiger partial charge on any atom is 0.259 e. The molecule has 4 nitrogen and oxygen atoms in total. The molecular formula is C20H13Cl2NO3. The second-order valence-corrected chi connectivity index (χ2v) is 6.57. The molecule has 0 saturated heterocycles. The fourth-order valence-corrected chi connectivity index (χ4v) is 2.75. The number of rotatable bonds is 5. The quantitative estimate of drug-likeness (QED) is 0.393. The molecule has 0 fully saturated rings. The lowest BCUT2D eigenvalue weighted by molar-refractivity contribution is -0.113. The zero-order chi connectivity index (χ0) is 18.7. The molecule has 0 unspecified atom stereocenters. The van der Waals surface area contributed by atoms with Gasteiger partial charge in [0.15, 0.2) is 11.6 Å². The third-order valence-electron chi connectivity index (χ3n) is 3.77. The zero-order valence-corrected chi connectivity index (χ0v) is 15.0. The molecule has 130 valence electrons. The standard InChI is InChI=1S/C20H13Cl2NO3/c21-14-5-1-12(2-6-14)3-8-16(24)11-19(25)17-9-13-4-7-15(22)10-18(13)23-20(17)26/h1-10H,11H2,(H,23,26)/b8-3-. The number of fused-ring (bicyclic) bond motifs is 1. The Labute approximate surface area is 159 Å². The monoisotopic (exact) mass is 385 g/mol. The SMILES string of the molecule is O=C(/C=C\c1ccc(Cl)cc1)CC(=O)c1cc2ccc(Cl)cc2[nH]c1=O. The smallest absolute Gasteiger partial charge is 0.259 e. The Hall–Kier alpha value is -2.69. The number of nitrogens with one attached hydrogen (secondary N) is 1. The van der Waals surface area contributed by atoms with Crippen molar-refractivity contribution in [1.29, 1.82) is 0 Å². The van der Waals surface area contributed by atoms with Crippen LogP contribution in [0.15, 0.2) is 59.4 Å². The van der Waals surface area contributed by atoms with Crippen molar-refractivity contribution >= 4 is 51.7 Å². The van der Waals surface area contributed by atoms with Gasteiger partial charge < -0.3 is 4.98 Å². The van der Waals surface area contributed by atoms with E-state index in [-0.39, 0.29) is 17.8 Å². The average molecular weight is 386 g/mol. The summed E-state index contributed by atoms with van der Waals surface area (Å²) in [6, 6.07) is 13.4. The van der Waals surface area contributed by atoms with E-state index in [1.165, 1.54) is 12.1 Å². The third kappa shape index (κ3) is 4.28. The normalized spacial score (nSPS) is 11.2. The number of hydrogen-bond donors (Lipinski definition) is 1. The molecule has 0 aliphatic heterocycles. The van der Waals surface area contributed by atoms with Crippen LogP contribution in [0.25, 0.3) is 17.0 Å². The van der Waals surface area contributed by atoms with Gasteiger partial charge in [0, 0.05) is 15.6 Å². The van der Waals surface area contributed by atoms with Crippen molar-refractivity contribution in [2.45, 2.75) is 6.42 Å². The van der Waals surface area contributed by atoms with E-state index in [9.17, 15) is 14.4 Å². The van der Waals surface area contributed by atoms with Crippen molar-refractivity contribution in [2.75, 3.05) is 0 Å². The number of carbonyl (C=O) groups is 2. The highest BCUT2D eigenvalue weighted by Gasteiger charge is 2.15. The lowest BCUT2D eigenvalue weighted by Crippen LogP contribution is -2.19. The number of H-pyrrole nitrogens is 1. The van der Waals surface area contributed by atoms with E-state index in [0.29, 0.717) is 20.9 Å². The first kappa shape index (κ1) is 18.1. The minimum absolute atomic E-state index is 0.0481. The molecular weight excluding hydrogens is 373 g/mol. The fourth-order valence-electron chi connectivity index (χ4n) is 2.46. The Kier molecular flexibility index (Phi) is 5.35. The van der Waals surface area contributed by atoms with E-state index in [0.717, 1.165) is 5.56 Å². The number of halogens is 2. The number of benzene rings is 2. The van der Waals surface area contributed by atoms with Crippen molar-refractivity contribution in [2.24, 2.45) is 0 Å². The molecule has 0 spiro atoms. The van der Waals surface area contributed by atoms with E-state index >= 15 is 0 Å². The van der Waals surface area contributed by atoms with Crippen LogP contribution in [0.1, 0.15) is 22.3 Å². The van der Waals surface area contributed by atoms with Crippen LogP contribution in [-0.2, 0) is 4.79 Å². The van der Waals surface area contributed by atoms with Crippen LogP contribution < -0.4 is 5.56 Å². The van der Waals surface area contributed by atoms with E-state index in [1.54, 1.807) is 48.5 Å². The topological polar surface area (TPSA) is 67.0 Å². The molecule has 1 N–H and O–H groups in total. The molecule has 0 atom stereocenters. The van der Waals surface area contributed by atoms with Crippen molar-refractivity contribution in [3.8, 4) is 0 Å². The Balaban J connectivity index is 1.77. The minimum atomic E-state index is -0.542. The van der Waals surface area contributed by atoms with Gasteiger partial charge in [-0.3, -0.25) is 14.4 Å². The summed E-state index contributed by atoms with van der Waals surface area (Å²) in [4.78, 5) is 39.1. The van der Waals surface area contributed by atoms with Gasteiger partial charge in [-0.2, -0.15) is 0 Å². The number of aromatic nitrogens is 1. The summed E-state index contributed by atoms with van der Waals surface area (Å²) < 4.78 is 0. The molecule has 0 bridgehead atoms. The number of carbonyl (C=O) groups excluding carboxylic acids is 2. The second kappa shape index (κ2) is 7.68. The summed E-state index contributed by atoms with van der Waals surface area (Å²) in [5, 5.41) is 1.75. The van der Waals surface area contributed by atoms with E-state index in [2.05, 4.69) is 4.98 Å². The Morgan fingerprint density at radius 2 is 1.65 bits per heavy atom. The number of hydrogen-bond acceptors (Lipinski definition) is 3. The van der Waals surface area contributed by atoms with Gasteiger partial charge in [0.2, 0.25) is 0 Å². The van der Waals surface area contributed by atoms with Crippen LogP contribution in [0.4, 0.5) is 0 Å². The molecule has 2 aromatic carbocycles. The Bertz CT molecular complexity index is 1080. The molecule has 1 aromatic heterocycles. The molecule has 3 aromatic rings. The van der Waals surface area contributed by atoms with E-state index in [1.807, 2.05) is 0 Å². The molecule has 1 heterocycles. The van der Waals surface area contributed by atoms with Crippen LogP contribution in [-0.4, -0.2) is 16.6 Å². The van der Waals surface area contributed by atoms with Gasteiger partial charge in [-0.25, -0.2) is 0 Å². The molecule has 0 radical (unpaired) electrons. The van der Waals surface area contributed by atoms with Crippen molar-refractivity contribution < 1.29 is 9.59 Å². The van der Waals surface area contributed by atoms with Crippen molar-refractivity contribution in [3.63, 3.8) is 0 Å². The lowest BCUT2D eigenvalue weighted by Gasteiger charge is -2.02. The number of allylic oxidation sites excluding steroid dienone is 1. The van der Waals surface area contributed by atoms with E-state index < -0.39 is 11.3 Å². The largest absolute Gasteiger partial charge is 0.321 e. The van der Waals surface area contributed by atoms with Crippen LogP contribution in [0.5, 0.6) is 0 Å². The number of Topliss-reactive ketones (excluding diaryl/α,β-unsaturated/α-hetero) is 1. The fraction of sp³-hybridized carbons (Fsp3) is 0.0500. The van der Waals surface area contributed by atoms with Crippen LogP contribution in [0.3, 0.4) is 0 Å². The first-order valence-electron chi connectivity index (χ1n) is 7.74. The Morgan fingerprint density at radius 3 is 2.38 bits per heavy atom. The molecule has 26 heavy (non-hydrogen) atoms. The lowest BCUT2D eigenvalue weighted by atomic mass is 10.0. The first-order chi connectivity index (χ1) is 12.4. The molecule has 3 rings (SSSR count).